The van der Waals surface area contributed by atoms with Crippen LogP contribution in [-0.4, -0.2) is 110 Å². The number of unbranched alkanes of at least 4 members (excludes halogenated alkanes) is 5. The molecule has 7 rings (SSSR count). The Morgan fingerprint density at radius 1 is 0.918 bits per heavy atom. The largest absolute Gasteiger partial charge is 0.406 e. The molecule has 5 aromatic rings. The second kappa shape index (κ2) is 27.0. The first-order valence-electron chi connectivity index (χ1n) is 24.9. The number of benzene rings is 3. The van der Waals surface area contributed by atoms with E-state index in [-0.39, 0.29) is 32.3 Å². The number of piperidine rings is 1. The predicted octanol–water partition coefficient (Wildman–Crippen LogP) is 11.2. The molecule has 0 atom stereocenters. The van der Waals surface area contributed by atoms with Crippen LogP contribution in [-0.2, 0) is 16.1 Å². The van der Waals surface area contributed by atoms with Gasteiger partial charge in [0.1, 0.15) is 23.2 Å². The number of nitrogens with zero attached hydrogens (tertiary/aromatic N) is 4. The minimum absolute atomic E-state index is 0.0151. The normalized spacial score (nSPS) is 14.1. The molecule has 18 heteroatoms. The SMILES string of the molecule is CC(=N)N1C(=N)CN=C(c2ccc(Cl)cc2)c2c1sc(C)c2C.CC(=O)NCCCCCCCCNC(=O)CN1CCC(Nc2cccc3c2cc(C#CCNc2ccc(P(C)C)cc2)n3CC(F)(F)F)CC1. The minimum atomic E-state index is -4.39. The molecule has 2 amide bonds. The summed E-state index contributed by atoms with van der Waals surface area (Å²) in [6, 6.07) is 23.1. The molecule has 0 saturated carbocycles. The fraction of sp³-hybridized carbons (Fsp3) is 0.436. The third-order valence-electron chi connectivity index (χ3n) is 12.8. The summed E-state index contributed by atoms with van der Waals surface area (Å²) in [7, 11) is -0.179. The fourth-order valence-corrected chi connectivity index (χ4v) is 11.0. The molecule has 0 radical (unpaired) electrons. The zero-order valence-corrected chi connectivity index (χ0v) is 45.3. The molecule has 390 valence electrons. The zero-order chi connectivity index (χ0) is 52.7. The van der Waals surface area contributed by atoms with Gasteiger partial charge in [-0.1, -0.05) is 81.5 Å². The Morgan fingerprint density at radius 3 is 2.21 bits per heavy atom. The summed E-state index contributed by atoms with van der Waals surface area (Å²) < 4.78 is 42.3. The van der Waals surface area contributed by atoms with Gasteiger partial charge in [0.05, 0.1) is 36.6 Å². The summed E-state index contributed by atoms with van der Waals surface area (Å²) >= 11 is 7.61. The number of carbonyl (C=O) groups is 2. The Morgan fingerprint density at radius 2 is 1.58 bits per heavy atom. The predicted molar refractivity (Wildman–Crippen MR) is 300 cm³/mol. The van der Waals surface area contributed by atoms with E-state index in [4.69, 9.17) is 22.4 Å². The number of fused-ring (bicyclic) bond motifs is 2. The van der Waals surface area contributed by atoms with Crippen molar-refractivity contribution in [2.45, 2.75) is 97.8 Å². The van der Waals surface area contributed by atoms with Crippen molar-refractivity contribution in [1.29, 1.82) is 10.8 Å². The summed E-state index contributed by atoms with van der Waals surface area (Å²) in [5, 5.41) is 32.6. The summed E-state index contributed by atoms with van der Waals surface area (Å²) in [4.78, 5) is 33.1. The number of halogens is 4. The highest BCUT2D eigenvalue weighted by Crippen LogP contribution is 2.39. The van der Waals surface area contributed by atoms with Gasteiger partial charge >= 0.3 is 6.18 Å². The van der Waals surface area contributed by atoms with E-state index in [0.29, 0.717) is 52.9 Å². The molecular formula is C55H69ClF3N10O2PS. The van der Waals surface area contributed by atoms with Crippen LogP contribution in [0, 0.1) is 36.5 Å². The molecule has 3 aromatic carbocycles. The van der Waals surface area contributed by atoms with Crippen LogP contribution in [0.3, 0.4) is 0 Å². The molecule has 6 N–H and O–H groups in total. The van der Waals surface area contributed by atoms with Gasteiger partial charge in [0.15, 0.2) is 0 Å². The number of aliphatic imine (C=N–C) groups is 1. The van der Waals surface area contributed by atoms with E-state index in [1.54, 1.807) is 41.4 Å². The summed E-state index contributed by atoms with van der Waals surface area (Å²) in [6.07, 6.45) is 3.64. The number of amides is 2. The Labute approximate surface area is 438 Å². The van der Waals surface area contributed by atoms with E-state index in [1.807, 2.05) is 42.5 Å². The van der Waals surface area contributed by atoms with Crippen molar-refractivity contribution in [3.8, 4) is 11.8 Å². The summed E-state index contributed by atoms with van der Waals surface area (Å²) in [6.45, 7) is 14.5. The lowest BCUT2D eigenvalue weighted by atomic mass is 10.00. The summed E-state index contributed by atoms with van der Waals surface area (Å²) in [5.41, 5.74) is 6.55. The van der Waals surface area contributed by atoms with Gasteiger partial charge in [-0.15, -0.1) is 11.3 Å². The van der Waals surface area contributed by atoms with Crippen LogP contribution >= 0.6 is 30.9 Å². The van der Waals surface area contributed by atoms with Crippen molar-refractivity contribution in [1.82, 2.24) is 20.1 Å². The molecule has 0 unspecified atom stereocenters. The zero-order valence-electron chi connectivity index (χ0n) is 42.8. The topological polar surface area (TPSA) is 154 Å². The third-order valence-corrected chi connectivity index (χ3v) is 15.6. The van der Waals surface area contributed by atoms with Gasteiger partial charge in [0, 0.05) is 76.9 Å². The van der Waals surface area contributed by atoms with Gasteiger partial charge in [0.25, 0.3) is 0 Å². The van der Waals surface area contributed by atoms with Crippen LogP contribution in [0.25, 0.3) is 10.9 Å². The number of hydrogen-bond acceptors (Lipinski definition) is 9. The van der Waals surface area contributed by atoms with Crippen LogP contribution < -0.4 is 31.5 Å². The molecule has 4 heterocycles. The maximum absolute atomic E-state index is 13.7. The van der Waals surface area contributed by atoms with E-state index < -0.39 is 12.7 Å². The fourth-order valence-electron chi connectivity index (χ4n) is 8.86. The van der Waals surface area contributed by atoms with Crippen LogP contribution in [0.4, 0.5) is 29.5 Å². The molecule has 1 fully saturated rings. The highest BCUT2D eigenvalue weighted by atomic mass is 35.5. The number of likely N-dealkylation sites (tertiary alicyclic amines) is 1. The number of thiophene rings is 1. The maximum Gasteiger partial charge on any atom is 0.406 e. The molecule has 2 aliphatic rings. The van der Waals surface area contributed by atoms with Crippen molar-refractivity contribution in [3.05, 3.63) is 105 Å². The van der Waals surface area contributed by atoms with Crippen LogP contribution in [0.2, 0.25) is 5.02 Å². The Kier molecular flexibility index (Phi) is 20.9. The highest BCUT2D eigenvalue weighted by molar-refractivity contribution is 7.64. The third kappa shape index (κ3) is 16.6. The second-order valence-corrected chi connectivity index (χ2v) is 22.7. The molecule has 0 bridgehead atoms. The van der Waals surface area contributed by atoms with E-state index in [9.17, 15) is 22.8 Å². The van der Waals surface area contributed by atoms with Crippen LogP contribution in [0.5, 0.6) is 0 Å². The maximum atomic E-state index is 13.7. The van der Waals surface area contributed by atoms with Gasteiger partial charge in [-0.2, -0.15) is 13.2 Å². The lowest BCUT2D eigenvalue weighted by molar-refractivity contribution is -0.140. The first kappa shape index (κ1) is 56.6. The van der Waals surface area contributed by atoms with E-state index in [2.05, 4.69) is 82.3 Å². The van der Waals surface area contributed by atoms with Crippen molar-refractivity contribution in [2.75, 3.05) is 74.7 Å². The van der Waals surface area contributed by atoms with Crippen LogP contribution in [0.1, 0.15) is 92.5 Å². The van der Waals surface area contributed by atoms with Gasteiger partial charge < -0.3 is 25.8 Å². The molecule has 73 heavy (non-hydrogen) atoms. The Balaban J connectivity index is 0.000000312. The number of alkyl halides is 3. The standard InChI is InChI=1S/C38H52F3N6O2P.C17H17ClN4S/c1-29(48)42-21-8-6-4-5-7-9-22-44-37(49)27-46-24-19-31(20-25-46)45-35-13-10-14-36-34(35)26-32(47(36)28-38(39,40)41)12-11-23-43-30-15-17-33(18-16-30)50(2)3;1-9-10(2)23-17-15(9)16(12-4-6-13(18)7-5-12)21-8-14(20)22(17)11(3)19/h10,13-18,26,31,43,45H,4-9,19-25,27-28H2,1-3H3,(H,42,48)(H,44,49);4-7,19-20H,8H2,1-3H3. The van der Waals surface area contributed by atoms with Gasteiger partial charge in [-0.25, -0.2) is 0 Å². The first-order chi connectivity index (χ1) is 34.9. The highest BCUT2D eigenvalue weighted by Gasteiger charge is 2.31. The Bertz CT molecular complexity index is 2790. The lowest BCUT2D eigenvalue weighted by Crippen LogP contribution is -2.44. The summed E-state index contributed by atoms with van der Waals surface area (Å²) in [5.74, 6) is 6.71. The van der Waals surface area contributed by atoms with Gasteiger partial charge in [-0.3, -0.25) is 35.2 Å². The van der Waals surface area contributed by atoms with Crippen molar-refractivity contribution >= 4 is 92.6 Å². The number of carbonyl (C=O) groups excluding carboxylic acids is 2. The number of rotatable bonds is 18. The average molecular weight is 1060 g/mol. The quantitative estimate of drug-likeness (QED) is 0.0169. The number of anilines is 3. The van der Waals surface area contributed by atoms with Gasteiger partial charge in [0.2, 0.25) is 11.8 Å². The molecule has 1 saturated heterocycles. The number of nitrogens with one attached hydrogen (secondary N) is 6. The number of aromatic nitrogens is 1. The number of amidine groups is 2. The van der Waals surface area contributed by atoms with E-state index in [1.165, 1.54) is 21.7 Å². The smallest absolute Gasteiger partial charge is 0.382 e. The van der Waals surface area contributed by atoms with E-state index in [0.717, 1.165) is 110 Å². The van der Waals surface area contributed by atoms with Crippen molar-refractivity contribution < 1.29 is 22.8 Å². The molecule has 2 aliphatic heterocycles. The minimum Gasteiger partial charge on any atom is -0.382 e. The molecule has 12 nitrogen and oxygen atoms in total. The monoisotopic (exact) mass is 1060 g/mol. The second-order valence-electron chi connectivity index (χ2n) is 18.7. The first-order valence-corrected chi connectivity index (χ1v) is 28.3. The van der Waals surface area contributed by atoms with Gasteiger partial charge in [-0.05, 0) is 119 Å². The molecule has 2 aromatic heterocycles. The van der Waals surface area contributed by atoms with Crippen molar-refractivity contribution in [2.24, 2.45) is 4.99 Å². The molecule has 0 spiro atoms. The lowest BCUT2D eigenvalue weighted by Gasteiger charge is -2.32. The van der Waals surface area contributed by atoms with Crippen LogP contribution in [0.15, 0.2) is 77.8 Å². The van der Waals surface area contributed by atoms with Crippen molar-refractivity contribution in [3.63, 3.8) is 0 Å². The molecule has 0 aliphatic carbocycles. The number of aryl methyl sites for hydroxylation is 1. The Hall–Kier alpha value is -5.72. The van der Waals surface area contributed by atoms with E-state index >= 15 is 0 Å². The molecular weight excluding hydrogens is 988 g/mol. The number of hydrogen-bond donors (Lipinski definition) is 6. The average Bonchev–Trinajstić information content (AvgIpc) is 3.77.